The van der Waals surface area contributed by atoms with Crippen LogP contribution in [-0.4, -0.2) is 24.4 Å². The van der Waals surface area contributed by atoms with Crippen LogP contribution in [0.5, 0.6) is 0 Å². The molecule has 3 rings (SSSR count). The van der Waals surface area contributed by atoms with Crippen LogP contribution in [0.2, 0.25) is 0 Å². The lowest BCUT2D eigenvalue weighted by atomic mass is 10.0. The maximum atomic E-state index is 12.7. The Morgan fingerprint density at radius 2 is 1.71 bits per heavy atom. The van der Waals surface area contributed by atoms with Crippen molar-refractivity contribution in [2.24, 2.45) is 5.92 Å². The molecule has 1 atom stereocenters. The van der Waals surface area contributed by atoms with Crippen LogP contribution in [0.1, 0.15) is 48.1 Å². The Hall–Kier alpha value is -3.15. The second-order valence-corrected chi connectivity index (χ2v) is 6.79. The lowest BCUT2D eigenvalue weighted by molar-refractivity contribution is -0.143. The summed E-state index contributed by atoms with van der Waals surface area (Å²) in [5.41, 5.74) is 1.95. The molecule has 2 N–H and O–H groups in total. The van der Waals surface area contributed by atoms with Gasteiger partial charge in [0.1, 0.15) is 0 Å². The summed E-state index contributed by atoms with van der Waals surface area (Å²) in [6, 6.07) is 15.6. The van der Waals surface area contributed by atoms with E-state index < -0.39 is 6.04 Å². The highest BCUT2D eigenvalue weighted by molar-refractivity contribution is 5.97. The summed E-state index contributed by atoms with van der Waals surface area (Å²) in [6.45, 7) is 2.04. The summed E-state index contributed by atoms with van der Waals surface area (Å²) in [5.74, 6) is -0.513. The van der Waals surface area contributed by atoms with E-state index in [1.54, 1.807) is 31.2 Å². The third-order valence-electron chi connectivity index (χ3n) is 4.55. The number of carbonyl (C=O) groups is 3. The quantitative estimate of drug-likeness (QED) is 0.687. The normalized spacial score (nSPS) is 14.0. The molecule has 0 bridgehead atoms. The minimum Gasteiger partial charge on any atom is -0.466 e. The van der Waals surface area contributed by atoms with E-state index in [0.717, 1.165) is 18.4 Å². The maximum absolute atomic E-state index is 12.7. The van der Waals surface area contributed by atoms with Gasteiger partial charge >= 0.3 is 5.97 Å². The summed E-state index contributed by atoms with van der Waals surface area (Å²) in [7, 11) is 0. The SMILES string of the molecule is CCOC(=O)CC(NC(=O)c1ccc(NC(=O)C2CC2)cc1)c1ccccc1. The summed E-state index contributed by atoms with van der Waals surface area (Å²) < 4.78 is 5.03. The van der Waals surface area contributed by atoms with Crippen molar-refractivity contribution in [2.45, 2.75) is 32.2 Å². The Balaban J connectivity index is 1.66. The monoisotopic (exact) mass is 380 g/mol. The molecule has 2 aromatic carbocycles. The van der Waals surface area contributed by atoms with E-state index >= 15 is 0 Å². The second kappa shape index (κ2) is 9.17. The van der Waals surface area contributed by atoms with E-state index in [4.69, 9.17) is 4.74 Å². The van der Waals surface area contributed by atoms with Crippen molar-refractivity contribution < 1.29 is 19.1 Å². The predicted octanol–water partition coefficient (Wildman–Crippen LogP) is 3.46. The van der Waals surface area contributed by atoms with Gasteiger partial charge in [0.05, 0.1) is 19.1 Å². The van der Waals surface area contributed by atoms with Crippen molar-refractivity contribution in [2.75, 3.05) is 11.9 Å². The van der Waals surface area contributed by atoms with Gasteiger partial charge in [-0.3, -0.25) is 14.4 Å². The minimum atomic E-state index is -0.484. The molecule has 28 heavy (non-hydrogen) atoms. The van der Waals surface area contributed by atoms with Gasteiger partial charge in [-0.15, -0.1) is 0 Å². The smallest absolute Gasteiger partial charge is 0.308 e. The lowest BCUT2D eigenvalue weighted by Crippen LogP contribution is -2.30. The number of hydrogen-bond acceptors (Lipinski definition) is 4. The van der Waals surface area contributed by atoms with Crippen molar-refractivity contribution >= 4 is 23.5 Å². The average Bonchev–Trinajstić information content (AvgIpc) is 3.54. The summed E-state index contributed by atoms with van der Waals surface area (Å²) in [5, 5.41) is 5.75. The van der Waals surface area contributed by atoms with Gasteiger partial charge < -0.3 is 15.4 Å². The zero-order chi connectivity index (χ0) is 19.9. The second-order valence-electron chi connectivity index (χ2n) is 6.79. The molecule has 1 unspecified atom stereocenters. The Bertz CT molecular complexity index is 829. The molecule has 0 aromatic heterocycles. The highest BCUT2D eigenvalue weighted by atomic mass is 16.5. The first-order valence-corrected chi connectivity index (χ1v) is 9.49. The standard InChI is InChI=1S/C22H24N2O4/c1-2-28-20(25)14-19(15-6-4-3-5-7-15)24-22(27)17-10-12-18(13-11-17)23-21(26)16-8-9-16/h3-7,10-13,16,19H,2,8-9,14H2,1H3,(H,23,26)(H,24,27). The van der Waals surface area contributed by atoms with Gasteiger partial charge in [-0.1, -0.05) is 30.3 Å². The first-order valence-electron chi connectivity index (χ1n) is 9.49. The van der Waals surface area contributed by atoms with E-state index in [9.17, 15) is 14.4 Å². The summed E-state index contributed by atoms with van der Waals surface area (Å²) >= 11 is 0. The fourth-order valence-electron chi connectivity index (χ4n) is 2.86. The third-order valence-corrected chi connectivity index (χ3v) is 4.55. The van der Waals surface area contributed by atoms with Crippen LogP contribution >= 0.6 is 0 Å². The van der Waals surface area contributed by atoms with Crippen molar-refractivity contribution in [3.8, 4) is 0 Å². The van der Waals surface area contributed by atoms with E-state index in [1.807, 2.05) is 30.3 Å². The number of carbonyl (C=O) groups excluding carboxylic acids is 3. The topological polar surface area (TPSA) is 84.5 Å². The highest BCUT2D eigenvalue weighted by Gasteiger charge is 2.29. The molecule has 1 aliphatic carbocycles. The lowest BCUT2D eigenvalue weighted by Gasteiger charge is -2.18. The number of esters is 1. The van der Waals surface area contributed by atoms with E-state index in [-0.39, 0.29) is 30.1 Å². The Labute approximate surface area is 164 Å². The van der Waals surface area contributed by atoms with Crippen molar-refractivity contribution in [1.82, 2.24) is 5.32 Å². The molecule has 146 valence electrons. The van der Waals surface area contributed by atoms with E-state index in [0.29, 0.717) is 17.9 Å². The van der Waals surface area contributed by atoms with E-state index in [1.165, 1.54) is 0 Å². The molecule has 0 spiro atoms. The number of amides is 2. The van der Waals surface area contributed by atoms with E-state index in [2.05, 4.69) is 10.6 Å². The van der Waals surface area contributed by atoms with Crippen molar-refractivity contribution in [1.29, 1.82) is 0 Å². The minimum absolute atomic E-state index is 0.0239. The fraction of sp³-hybridized carbons (Fsp3) is 0.318. The fourth-order valence-corrected chi connectivity index (χ4v) is 2.86. The van der Waals surface area contributed by atoms with Gasteiger partial charge in [0.25, 0.3) is 5.91 Å². The van der Waals surface area contributed by atoms with Crippen molar-refractivity contribution in [3.05, 3.63) is 65.7 Å². The van der Waals surface area contributed by atoms with Crippen LogP contribution in [0.25, 0.3) is 0 Å². The molecule has 0 aliphatic heterocycles. The molecule has 6 heteroatoms. The molecule has 2 aromatic rings. The predicted molar refractivity (Wildman–Crippen MR) is 106 cm³/mol. The number of rotatable bonds is 8. The number of hydrogen-bond donors (Lipinski definition) is 2. The number of anilines is 1. The van der Waals surface area contributed by atoms with Crippen LogP contribution in [0, 0.1) is 5.92 Å². The molecule has 1 fully saturated rings. The van der Waals surface area contributed by atoms with Crippen molar-refractivity contribution in [3.63, 3.8) is 0 Å². The van der Waals surface area contributed by atoms with Gasteiger partial charge in [0, 0.05) is 17.2 Å². The maximum Gasteiger partial charge on any atom is 0.308 e. The number of benzene rings is 2. The van der Waals surface area contributed by atoms with Crippen LogP contribution in [0.4, 0.5) is 5.69 Å². The number of ether oxygens (including phenoxy) is 1. The summed E-state index contributed by atoms with van der Waals surface area (Å²) in [4.78, 5) is 36.4. The van der Waals surface area contributed by atoms with Crippen LogP contribution in [-0.2, 0) is 14.3 Å². The Morgan fingerprint density at radius 3 is 2.32 bits per heavy atom. The zero-order valence-electron chi connectivity index (χ0n) is 15.8. The number of nitrogens with one attached hydrogen (secondary N) is 2. The molecule has 1 saturated carbocycles. The Kier molecular flexibility index (Phi) is 6.42. The molecule has 6 nitrogen and oxygen atoms in total. The molecular weight excluding hydrogens is 356 g/mol. The zero-order valence-corrected chi connectivity index (χ0v) is 15.8. The molecule has 1 aliphatic rings. The average molecular weight is 380 g/mol. The van der Waals surface area contributed by atoms with Gasteiger partial charge in [-0.25, -0.2) is 0 Å². The largest absolute Gasteiger partial charge is 0.466 e. The molecule has 2 amide bonds. The van der Waals surface area contributed by atoms with Crippen LogP contribution < -0.4 is 10.6 Å². The molecule has 0 heterocycles. The van der Waals surface area contributed by atoms with Gasteiger partial charge in [0.15, 0.2) is 0 Å². The van der Waals surface area contributed by atoms with Gasteiger partial charge in [-0.05, 0) is 49.6 Å². The summed E-state index contributed by atoms with van der Waals surface area (Å²) in [6.07, 6.45) is 1.93. The molecular formula is C22H24N2O4. The highest BCUT2D eigenvalue weighted by Crippen LogP contribution is 2.30. The third kappa shape index (κ3) is 5.42. The first-order chi connectivity index (χ1) is 13.6. The van der Waals surface area contributed by atoms with Gasteiger partial charge in [0.2, 0.25) is 5.91 Å². The molecule has 0 saturated heterocycles. The molecule has 0 radical (unpaired) electrons. The van der Waals surface area contributed by atoms with Crippen LogP contribution in [0.15, 0.2) is 54.6 Å². The Morgan fingerprint density at radius 1 is 1.04 bits per heavy atom. The first kappa shape index (κ1) is 19.6. The van der Waals surface area contributed by atoms with Crippen LogP contribution in [0.3, 0.4) is 0 Å². The van der Waals surface area contributed by atoms with Gasteiger partial charge in [-0.2, -0.15) is 0 Å².